The van der Waals surface area contributed by atoms with Gasteiger partial charge >= 0.3 is 0 Å². The molecule has 2 aliphatic rings. The molecule has 0 unspecified atom stereocenters. The highest BCUT2D eigenvalue weighted by molar-refractivity contribution is 5.27. The minimum Gasteiger partial charge on any atom is -0.379 e. The van der Waals surface area contributed by atoms with Crippen LogP contribution in [0.2, 0.25) is 0 Å². The number of morpholine rings is 1. The van der Waals surface area contributed by atoms with Gasteiger partial charge in [0.25, 0.3) is 0 Å². The van der Waals surface area contributed by atoms with Crippen molar-refractivity contribution in [2.45, 2.75) is 46.2 Å². The van der Waals surface area contributed by atoms with Crippen molar-refractivity contribution >= 4 is 0 Å². The molecule has 7 nitrogen and oxygen atoms in total. The minimum absolute atomic E-state index is 0.676. The fourth-order valence-corrected chi connectivity index (χ4v) is 4.75. The number of aromatic nitrogens is 4. The monoisotopic (exact) mass is 372 g/mol. The molecule has 4 rings (SSSR count). The lowest BCUT2D eigenvalue weighted by Gasteiger charge is -2.41. The first-order valence-corrected chi connectivity index (χ1v) is 10.2. The number of ether oxygens (including phenoxy) is 1. The van der Waals surface area contributed by atoms with Crippen molar-refractivity contribution in [3.8, 4) is 0 Å². The van der Waals surface area contributed by atoms with Gasteiger partial charge < -0.3 is 4.74 Å². The molecule has 0 saturated carbocycles. The van der Waals surface area contributed by atoms with Crippen LogP contribution in [0.3, 0.4) is 0 Å². The summed E-state index contributed by atoms with van der Waals surface area (Å²) in [4.78, 5) is 5.23. The van der Waals surface area contributed by atoms with Crippen LogP contribution in [-0.4, -0.2) is 74.8 Å². The fraction of sp³-hybridized carbons (Fsp3) is 0.700. The van der Waals surface area contributed by atoms with Crippen molar-refractivity contribution in [1.82, 2.24) is 29.3 Å². The Hall–Kier alpha value is -1.70. The van der Waals surface area contributed by atoms with Gasteiger partial charge in [-0.05, 0) is 64.3 Å². The Morgan fingerprint density at radius 1 is 1.07 bits per heavy atom. The second-order valence-electron chi connectivity index (χ2n) is 8.05. The Kier molecular flexibility index (Phi) is 5.61. The van der Waals surface area contributed by atoms with Crippen LogP contribution in [0, 0.1) is 19.8 Å². The number of likely N-dealkylation sites (tertiary alicyclic amines) is 1. The van der Waals surface area contributed by atoms with Gasteiger partial charge in [-0.25, -0.2) is 4.68 Å². The van der Waals surface area contributed by atoms with E-state index in [2.05, 4.69) is 51.5 Å². The standard InChI is InChI=1S/C20H32N6O/c1-16-12-20(18(3)26(16)25-14-21-22-15-25)13-23-6-4-19(5-7-23)17(2)24-8-10-27-11-9-24/h12,14-15,17,19H,4-11,13H2,1-3H3/t17-/m1/s1. The van der Waals surface area contributed by atoms with E-state index in [0.717, 1.165) is 38.8 Å². The van der Waals surface area contributed by atoms with Crippen LogP contribution >= 0.6 is 0 Å². The van der Waals surface area contributed by atoms with Crippen LogP contribution in [0.25, 0.3) is 0 Å². The zero-order chi connectivity index (χ0) is 18.8. The molecule has 0 aromatic carbocycles. The van der Waals surface area contributed by atoms with Gasteiger partial charge in [-0.1, -0.05) is 0 Å². The van der Waals surface area contributed by atoms with Crippen molar-refractivity contribution in [2.75, 3.05) is 39.4 Å². The molecule has 148 valence electrons. The molecule has 27 heavy (non-hydrogen) atoms. The largest absolute Gasteiger partial charge is 0.379 e. The lowest BCUT2D eigenvalue weighted by atomic mass is 9.89. The summed E-state index contributed by atoms with van der Waals surface area (Å²) in [5.41, 5.74) is 3.90. The highest BCUT2D eigenvalue weighted by Gasteiger charge is 2.29. The SMILES string of the molecule is Cc1cc(CN2CCC([C@@H](C)N3CCOCC3)CC2)c(C)n1-n1cnnc1. The zero-order valence-corrected chi connectivity index (χ0v) is 16.8. The lowest BCUT2D eigenvalue weighted by Crippen LogP contribution is -2.48. The number of hydrogen-bond acceptors (Lipinski definition) is 5. The number of nitrogens with zero attached hydrogens (tertiary/aromatic N) is 6. The molecule has 0 radical (unpaired) electrons. The van der Waals surface area contributed by atoms with Gasteiger partial charge in [0, 0.05) is 37.1 Å². The Balaban J connectivity index is 1.35. The van der Waals surface area contributed by atoms with Crippen LogP contribution in [0.5, 0.6) is 0 Å². The normalized spacial score (nSPS) is 21.6. The van der Waals surface area contributed by atoms with E-state index < -0.39 is 0 Å². The Bertz CT molecular complexity index is 726. The van der Waals surface area contributed by atoms with E-state index in [0.29, 0.717) is 6.04 Å². The fourth-order valence-electron chi connectivity index (χ4n) is 4.75. The molecule has 2 saturated heterocycles. The molecule has 4 heterocycles. The Morgan fingerprint density at radius 3 is 2.41 bits per heavy atom. The van der Waals surface area contributed by atoms with Gasteiger partial charge in [0.15, 0.2) is 0 Å². The molecule has 2 fully saturated rings. The second kappa shape index (κ2) is 8.12. The molecule has 2 aromatic heterocycles. The van der Waals surface area contributed by atoms with Gasteiger partial charge in [0.2, 0.25) is 0 Å². The smallest absolute Gasteiger partial charge is 0.139 e. The van der Waals surface area contributed by atoms with Gasteiger partial charge in [-0.3, -0.25) is 14.5 Å². The maximum Gasteiger partial charge on any atom is 0.139 e. The predicted octanol–water partition coefficient (Wildman–Crippen LogP) is 1.94. The average molecular weight is 373 g/mol. The molecular weight excluding hydrogens is 340 g/mol. The van der Waals surface area contributed by atoms with Gasteiger partial charge in [-0.15, -0.1) is 10.2 Å². The first-order valence-electron chi connectivity index (χ1n) is 10.2. The highest BCUT2D eigenvalue weighted by Crippen LogP contribution is 2.26. The molecule has 0 N–H and O–H groups in total. The second-order valence-corrected chi connectivity index (χ2v) is 8.05. The van der Waals surface area contributed by atoms with E-state index in [1.54, 1.807) is 12.7 Å². The molecule has 2 aromatic rings. The third-order valence-corrected chi connectivity index (χ3v) is 6.47. The van der Waals surface area contributed by atoms with E-state index in [-0.39, 0.29) is 0 Å². The Morgan fingerprint density at radius 2 is 1.74 bits per heavy atom. The summed E-state index contributed by atoms with van der Waals surface area (Å²) in [5.74, 6) is 0.809. The van der Waals surface area contributed by atoms with E-state index in [1.165, 1.54) is 42.9 Å². The van der Waals surface area contributed by atoms with Crippen molar-refractivity contribution in [2.24, 2.45) is 5.92 Å². The van der Waals surface area contributed by atoms with Crippen molar-refractivity contribution in [3.63, 3.8) is 0 Å². The summed E-state index contributed by atoms with van der Waals surface area (Å²) in [6, 6.07) is 2.98. The summed E-state index contributed by atoms with van der Waals surface area (Å²) in [6.07, 6.45) is 6.09. The summed E-state index contributed by atoms with van der Waals surface area (Å²) >= 11 is 0. The minimum atomic E-state index is 0.676. The summed E-state index contributed by atoms with van der Waals surface area (Å²) in [6.45, 7) is 14.1. The van der Waals surface area contributed by atoms with Crippen LogP contribution in [0.1, 0.15) is 36.7 Å². The lowest BCUT2D eigenvalue weighted by molar-refractivity contribution is -0.00193. The van der Waals surface area contributed by atoms with E-state index in [9.17, 15) is 0 Å². The van der Waals surface area contributed by atoms with Gasteiger partial charge in [0.05, 0.1) is 13.2 Å². The third kappa shape index (κ3) is 3.95. The molecule has 0 bridgehead atoms. The Labute approximate surface area is 161 Å². The molecule has 0 aliphatic carbocycles. The van der Waals surface area contributed by atoms with Crippen molar-refractivity contribution in [3.05, 3.63) is 35.7 Å². The van der Waals surface area contributed by atoms with E-state index in [4.69, 9.17) is 4.74 Å². The van der Waals surface area contributed by atoms with Gasteiger partial charge in [0.1, 0.15) is 12.7 Å². The molecular formula is C20H32N6O. The van der Waals surface area contributed by atoms with Gasteiger partial charge in [-0.2, -0.15) is 0 Å². The number of rotatable bonds is 5. The average Bonchev–Trinajstić information content (AvgIpc) is 3.31. The molecule has 0 amide bonds. The number of hydrogen-bond donors (Lipinski definition) is 0. The summed E-state index contributed by atoms with van der Waals surface area (Å²) in [7, 11) is 0. The third-order valence-electron chi connectivity index (χ3n) is 6.47. The summed E-state index contributed by atoms with van der Waals surface area (Å²) in [5, 5.41) is 7.88. The maximum atomic E-state index is 5.51. The predicted molar refractivity (Wildman–Crippen MR) is 105 cm³/mol. The maximum absolute atomic E-state index is 5.51. The molecule has 2 aliphatic heterocycles. The quantitative estimate of drug-likeness (QED) is 0.803. The molecule has 1 atom stereocenters. The number of aryl methyl sites for hydroxylation is 1. The van der Waals surface area contributed by atoms with Crippen LogP contribution in [0.15, 0.2) is 18.7 Å². The molecule has 0 spiro atoms. The first-order chi connectivity index (χ1) is 13.1. The van der Waals surface area contributed by atoms with Crippen LogP contribution < -0.4 is 0 Å². The topological polar surface area (TPSA) is 51.4 Å². The summed E-state index contributed by atoms with van der Waals surface area (Å²) < 4.78 is 9.64. The van der Waals surface area contributed by atoms with E-state index >= 15 is 0 Å². The van der Waals surface area contributed by atoms with Crippen molar-refractivity contribution in [1.29, 1.82) is 0 Å². The van der Waals surface area contributed by atoms with Crippen LogP contribution in [0.4, 0.5) is 0 Å². The molecule has 7 heteroatoms. The first kappa shape index (κ1) is 18.7. The van der Waals surface area contributed by atoms with Crippen LogP contribution in [-0.2, 0) is 11.3 Å². The number of piperidine rings is 1. The zero-order valence-electron chi connectivity index (χ0n) is 16.8. The van der Waals surface area contributed by atoms with E-state index in [1.807, 2.05) is 4.68 Å². The van der Waals surface area contributed by atoms with Crippen molar-refractivity contribution < 1.29 is 4.74 Å². The highest BCUT2D eigenvalue weighted by atomic mass is 16.5.